The maximum atomic E-state index is 11.9. The fraction of sp³-hybridized carbons (Fsp3) is 0.263. The lowest BCUT2D eigenvalue weighted by Gasteiger charge is -2.10. The lowest BCUT2D eigenvalue weighted by atomic mass is 10.1. The molecule has 0 aliphatic heterocycles. The molecular formula is C19H20N2O2S. The second-order valence-electron chi connectivity index (χ2n) is 5.43. The zero-order chi connectivity index (χ0) is 16.8. The van der Waals surface area contributed by atoms with Crippen LogP contribution in [0, 0.1) is 0 Å². The summed E-state index contributed by atoms with van der Waals surface area (Å²) in [6.07, 6.45) is 1.62. The van der Waals surface area contributed by atoms with E-state index in [9.17, 15) is 4.79 Å². The maximum absolute atomic E-state index is 11.9. The van der Waals surface area contributed by atoms with Crippen molar-refractivity contribution in [1.29, 1.82) is 0 Å². The fourth-order valence-corrected chi connectivity index (χ4v) is 3.43. The number of benzene rings is 2. The molecule has 124 valence electrons. The molecule has 5 heteroatoms. The zero-order valence-electron chi connectivity index (χ0n) is 13.6. The molecular weight excluding hydrogens is 320 g/mol. The first kappa shape index (κ1) is 16.5. The summed E-state index contributed by atoms with van der Waals surface area (Å²) in [5, 5.41) is 3.92. The van der Waals surface area contributed by atoms with Crippen LogP contribution in [0.1, 0.15) is 17.5 Å². The quantitative estimate of drug-likeness (QED) is 0.715. The molecule has 1 aromatic heterocycles. The van der Waals surface area contributed by atoms with Gasteiger partial charge in [-0.1, -0.05) is 37.3 Å². The van der Waals surface area contributed by atoms with Gasteiger partial charge in [0.1, 0.15) is 5.75 Å². The molecule has 1 amide bonds. The molecule has 3 rings (SSSR count). The standard InChI is InChI=1S/C19H20N2O2S/c1-2-14-7-3-5-9-16(14)23-13-18(22)20-12-11-19-21-15-8-4-6-10-17(15)24-19/h3-10H,2,11-13H2,1H3,(H,20,22). The van der Waals surface area contributed by atoms with Crippen molar-refractivity contribution in [2.75, 3.05) is 13.2 Å². The highest BCUT2D eigenvalue weighted by Gasteiger charge is 2.07. The van der Waals surface area contributed by atoms with Gasteiger partial charge in [-0.2, -0.15) is 0 Å². The van der Waals surface area contributed by atoms with Gasteiger partial charge in [0, 0.05) is 13.0 Å². The topological polar surface area (TPSA) is 51.2 Å². The van der Waals surface area contributed by atoms with Crippen molar-refractivity contribution < 1.29 is 9.53 Å². The number of amides is 1. The first-order valence-corrected chi connectivity index (χ1v) is 8.89. The molecule has 0 unspecified atom stereocenters. The maximum Gasteiger partial charge on any atom is 0.257 e. The minimum Gasteiger partial charge on any atom is -0.483 e. The zero-order valence-corrected chi connectivity index (χ0v) is 14.4. The molecule has 0 radical (unpaired) electrons. The minimum atomic E-state index is -0.109. The van der Waals surface area contributed by atoms with E-state index in [-0.39, 0.29) is 12.5 Å². The Labute approximate surface area is 145 Å². The van der Waals surface area contributed by atoms with E-state index < -0.39 is 0 Å². The van der Waals surface area contributed by atoms with Crippen molar-refractivity contribution in [1.82, 2.24) is 10.3 Å². The summed E-state index contributed by atoms with van der Waals surface area (Å²) in [5.74, 6) is 0.670. The minimum absolute atomic E-state index is 0.0385. The van der Waals surface area contributed by atoms with Crippen LogP contribution in [-0.2, 0) is 17.6 Å². The van der Waals surface area contributed by atoms with E-state index in [0.717, 1.165) is 34.7 Å². The highest BCUT2D eigenvalue weighted by Crippen LogP contribution is 2.21. The van der Waals surface area contributed by atoms with Crippen molar-refractivity contribution in [2.24, 2.45) is 0 Å². The van der Waals surface area contributed by atoms with Gasteiger partial charge in [0.25, 0.3) is 5.91 Å². The molecule has 0 spiro atoms. The molecule has 0 saturated carbocycles. The van der Waals surface area contributed by atoms with Crippen LogP contribution in [0.25, 0.3) is 10.2 Å². The average Bonchev–Trinajstić information content (AvgIpc) is 3.03. The second kappa shape index (κ2) is 7.93. The normalized spacial score (nSPS) is 10.7. The Bertz CT molecular complexity index is 796. The second-order valence-corrected chi connectivity index (χ2v) is 6.54. The Morgan fingerprint density at radius 2 is 1.96 bits per heavy atom. The molecule has 24 heavy (non-hydrogen) atoms. The number of hydrogen-bond donors (Lipinski definition) is 1. The van der Waals surface area contributed by atoms with Gasteiger partial charge in [-0.3, -0.25) is 4.79 Å². The van der Waals surface area contributed by atoms with Crippen LogP contribution in [0.2, 0.25) is 0 Å². The van der Waals surface area contributed by atoms with Crippen molar-refractivity contribution >= 4 is 27.5 Å². The van der Waals surface area contributed by atoms with E-state index in [1.807, 2.05) is 42.5 Å². The number of nitrogens with one attached hydrogen (secondary N) is 1. The first-order chi connectivity index (χ1) is 11.8. The van der Waals surface area contributed by atoms with Crippen LogP contribution in [0.4, 0.5) is 0 Å². The third-order valence-electron chi connectivity index (χ3n) is 3.71. The number of rotatable bonds is 7. The molecule has 0 atom stereocenters. The lowest BCUT2D eigenvalue weighted by molar-refractivity contribution is -0.123. The van der Waals surface area contributed by atoms with Gasteiger partial charge < -0.3 is 10.1 Å². The molecule has 0 aliphatic carbocycles. The Kier molecular flexibility index (Phi) is 5.43. The summed E-state index contributed by atoms with van der Waals surface area (Å²) in [6, 6.07) is 15.9. The van der Waals surface area contributed by atoms with Crippen LogP contribution >= 0.6 is 11.3 Å². The number of aromatic nitrogens is 1. The fourth-order valence-electron chi connectivity index (χ4n) is 2.47. The Morgan fingerprint density at radius 1 is 1.17 bits per heavy atom. The van der Waals surface area contributed by atoms with E-state index in [2.05, 4.69) is 23.3 Å². The van der Waals surface area contributed by atoms with Gasteiger partial charge in [-0.25, -0.2) is 4.98 Å². The van der Waals surface area contributed by atoms with Crippen molar-refractivity contribution in [3.8, 4) is 5.75 Å². The van der Waals surface area contributed by atoms with Gasteiger partial charge in [0.05, 0.1) is 15.2 Å². The molecule has 0 aliphatic rings. The van der Waals surface area contributed by atoms with E-state index in [1.165, 1.54) is 4.70 Å². The lowest BCUT2D eigenvalue weighted by Crippen LogP contribution is -2.30. The van der Waals surface area contributed by atoms with Gasteiger partial charge in [0.15, 0.2) is 6.61 Å². The number of para-hydroxylation sites is 2. The van der Waals surface area contributed by atoms with Gasteiger partial charge >= 0.3 is 0 Å². The molecule has 0 bridgehead atoms. The summed E-state index contributed by atoms with van der Waals surface area (Å²) in [4.78, 5) is 16.5. The molecule has 1 N–H and O–H groups in total. The van der Waals surface area contributed by atoms with Crippen LogP contribution < -0.4 is 10.1 Å². The monoisotopic (exact) mass is 340 g/mol. The molecule has 3 aromatic rings. The van der Waals surface area contributed by atoms with E-state index in [4.69, 9.17) is 4.74 Å². The predicted molar refractivity (Wildman–Crippen MR) is 97.6 cm³/mol. The molecule has 4 nitrogen and oxygen atoms in total. The van der Waals surface area contributed by atoms with Crippen molar-refractivity contribution in [3.05, 3.63) is 59.1 Å². The average molecular weight is 340 g/mol. The number of nitrogens with zero attached hydrogens (tertiary/aromatic N) is 1. The van der Waals surface area contributed by atoms with E-state index in [1.54, 1.807) is 11.3 Å². The Balaban J connectivity index is 1.45. The summed E-state index contributed by atoms with van der Waals surface area (Å²) in [6.45, 7) is 2.68. The van der Waals surface area contributed by atoms with Gasteiger partial charge in [0.2, 0.25) is 0 Å². The van der Waals surface area contributed by atoms with Crippen molar-refractivity contribution in [2.45, 2.75) is 19.8 Å². The highest BCUT2D eigenvalue weighted by molar-refractivity contribution is 7.18. The Morgan fingerprint density at radius 3 is 2.79 bits per heavy atom. The number of hydrogen-bond acceptors (Lipinski definition) is 4. The summed E-state index contributed by atoms with van der Waals surface area (Å²) in [7, 11) is 0. The van der Waals surface area contributed by atoms with Gasteiger partial charge in [-0.05, 0) is 30.2 Å². The van der Waals surface area contributed by atoms with Gasteiger partial charge in [-0.15, -0.1) is 11.3 Å². The predicted octanol–water partition coefficient (Wildman–Crippen LogP) is 3.60. The van der Waals surface area contributed by atoms with Crippen LogP contribution in [0.3, 0.4) is 0 Å². The number of carbonyl (C=O) groups excluding carboxylic acids is 1. The third-order valence-corrected chi connectivity index (χ3v) is 4.81. The SMILES string of the molecule is CCc1ccccc1OCC(=O)NCCc1nc2ccccc2s1. The molecule has 1 heterocycles. The smallest absolute Gasteiger partial charge is 0.257 e. The summed E-state index contributed by atoms with van der Waals surface area (Å²) >= 11 is 1.67. The highest BCUT2D eigenvalue weighted by atomic mass is 32.1. The number of fused-ring (bicyclic) bond motifs is 1. The molecule has 2 aromatic carbocycles. The van der Waals surface area contributed by atoms with Crippen LogP contribution in [0.15, 0.2) is 48.5 Å². The summed E-state index contributed by atoms with van der Waals surface area (Å²) in [5.41, 5.74) is 2.13. The van der Waals surface area contributed by atoms with E-state index in [0.29, 0.717) is 6.54 Å². The number of thiazole rings is 1. The molecule has 0 saturated heterocycles. The Hall–Kier alpha value is -2.40. The number of aryl methyl sites for hydroxylation is 1. The number of carbonyl (C=O) groups is 1. The van der Waals surface area contributed by atoms with Crippen LogP contribution in [0.5, 0.6) is 5.75 Å². The van der Waals surface area contributed by atoms with E-state index >= 15 is 0 Å². The number of ether oxygens (including phenoxy) is 1. The largest absolute Gasteiger partial charge is 0.483 e. The van der Waals surface area contributed by atoms with Crippen molar-refractivity contribution in [3.63, 3.8) is 0 Å². The first-order valence-electron chi connectivity index (χ1n) is 8.08. The molecule has 0 fully saturated rings. The summed E-state index contributed by atoms with van der Waals surface area (Å²) < 4.78 is 6.79. The third kappa shape index (κ3) is 4.11. The van der Waals surface area contributed by atoms with Crippen LogP contribution in [-0.4, -0.2) is 24.0 Å².